The lowest BCUT2D eigenvalue weighted by atomic mass is 9.79. The van der Waals surface area contributed by atoms with Gasteiger partial charge in [0.25, 0.3) is 5.91 Å². The molecule has 0 radical (unpaired) electrons. The first-order valence-corrected chi connectivity index (χ1v) is 9.04. The fourth-order valence-corrected chi connectivity index (χ4v) is 4.34. The number of likely N-dealkylation sites (tertiary alicyclic amines) is 2. The molecular weight excluding hydrogens is 345 g/mol. The molecule has 2 heterocycles. The van der Waals surface area contributed by atoms with Crippen molar-refractivity contribution in [3.8, 4) is 0 Å². The SMILES string of the molecule is CCN1C(=O)CCC[C@]12CCCN(C(=O)c1cccc(C(F)(F)F)c1)C2. The second kappa shape index (κ2) is 6.93. The summed E-state index contributed by atoms with van der Waals surface area (Å²) in [5.74, 6) is -0.295. The van der Waals surface area contributed by atoms with E-state index >= 15 is 0 Å². The number of carbonyl (C=O) groups is 2. The molecule has 0 N–H and O–H groups in total. The minimum Gasteiger partial charge on any atom is -0.336 e. The second-order valence-corrected chi connectivity index (χ2v) is 7.12. The Kier molecular flexibility index (Phi) is 4.99. The number of alkyl halides is 3. The van der Waals surface area contributed by atoms with Gasteiger partial charge < -0.3 is 9.80 Å². The van der Waals surface area contributed by atoms with E-state index < -0.39 is 17.6 Å². The molecule has 0 unspecified atom stereocenters. The van der Waals surface area contributed by atoms with E-state index in [4.69, 9.17) is 0 Å². The lowest BCUT2D eigenvalue weighted by Gasteiger charge is -2.52. The number of hydrogen-bond acceptors (Lipinski definition) is 2. The molecule has 142 valence electrons. The first-order chi connectivity index (χ1) is 12.3. The lowest BCUT2D eigenvalue weighted by Crippen LogP contribution is -2.63. The van der Waals surface area contributed by atoms with Crippen molar-refractivity contribution in [3.05, 3.63) is 35.4 Å². The number of halogens is 3. The normalized spacial score (nSPS) is 24.2. The van der Waals surface area contributed by atoms with Crippen LogP contribution in [0, 0.1) is 0 Å². The van der Waals surface area contributed by atoms with Crippen molar-refractivity contribution in [1.29, 1.82) is 0 Å². The topological polar surface area (TPSA) is 40.6 Å². The Morgan fingerprint density at radius 2 is 1.96 bits per heavy atom. The summed E-state index contributed by atoms with van der Waals surface area (Å²) in [6, 6.07) is 4.56. The third-order valence-electron chi connectivity index (χ3n) is 5.50. The minimum atomic E-state index is -4.48. The summed E-state index contributed by atoms with van der Waals surface area (Å²) >= 11 is 0. The van der Waals surface area contributed by atoms with Gasteiger partial charge >= 0.3 is 6.18 Å². The van der Waals surface area contributed by atoms with Crippen LogP contribution in [0.25, 0.3) is 0 Å². The Balaban J connectivity index is 1.83. The van der Waals surface area contributed by atoms with E-state index in [1.54, 1.807) is 4.90 Å². The molecule has 1 atom stereocenters. The second-order valence-electron chi connectivity index (χ2n) is 7.12. The Morgan fingerprint density at radius 3 is 2.65 bits per heavy atom. The number of benzene rings is 1. The van der Waals surface area contributed by atoms with Crippen LogP contribution in [-0.4, -0.2) is 46.8 Å². The van der Waals surface area contributed by atoms with E-state index in [-0.39, 0.29) is 17.0 Å². The van der Waals surface area contributed by atoms with Gasteiger partial charge in [0.2, 0.25) is 5.91 Å². The molecule has 1 aromatic carbocycles. The molecule has 0 aliphatic carbocycles. The van der Waals surface area contributed by atoms with Crippen molar-refractivity contribution >= 4 is 11.8 Å². The summed E-state index contributed by atoms with van der Waals surface area (Å²) in [4.78, 5) is 28.6. The fourth-order valence-electron chi connectivity index (χ4n) is 4.34. The molecule has 4 nitrogen and oxygen atoms in total. The van der Waals surface area contributed by atoms with E-state index in [1.165, 1.54) is 12.1 Å². The fraction of sp³-hybridized carbons (Fsp3) is 0.579. The maximum absolute atomic E-state index is 12.9. The molecule has 0 saturated carbocycles. The van der Waals surface area contributed by atoms with Crippen molar-refractivity contribution in [2.24, 2.45) is 0 Å². The zero-order valence-electron chi connectivity index (χ0n) is 14.8. The Hall–Kier alpha value is -2.05. The molecule has 1 aromatic rings. The first-order valence-electron chi connectivity index (χ1n) is 9.04. The molecule has 26 heavy (non-hydrogen) atoms. The molecule has 0 bridgehead atoms. The van der Waals surface area contributed by atoms with Crippen molar-refractivity contribution in [2.75, 3.05) is 19.6 Å². The molecule has 2 fully saturated rings. The molecule has 7 heteroatoms. The summed E-state index contributed by atoms with van der Waals surface area (Å²) < 4.78 is 38.8. The minimum absolute atomic E-state index is 0.0436. The number of carbonyl (C=O) groups excluding carboxylic acids is 2. The van der Waals surface area contributed by atoms with Crippen LogP contribution in [-0.2, 0) is 11.0 Å². The zero-order chi connectivity index (χ0) is 18.9. The van der Waals surface area contributed by atoms with Gasteiger partial charge in [-0.3, -0.25) is 9.59 Å². The van der Waals surface area contributed by atoms with E-state index in [2.05, 4.69) is 0 Å². The van der Waals surface area contributed by atoms with Crippen LogP contribution in [0.2, 0.25) is 0 Å². The van der Waals surface area contributed by atoms with Gasteiger partial charge in [-0.25, -0.2) is 0 Å². The molecule has 1 spiro atoms. The van der Waals surface area contributed by atoms with Crippen molar-refractivity contribution in [2.45, 2.75) is 50.7 Å². The highest BCUT2D eigenvalue weighted by atomic mass is 19.4. The number of likely N-dealkylation sites (N-methyl/N-ethyl adjacent to an activating group) is 1. The predicted octanol–water partition coefficient (Wildman–Crippen LogP) is 3.71. The summed E-state index contributed by atoms with van der Waals surface area (Å²) in [5, 5.41) is 0. The third kappa shape index (κ3) is 3.44. The monoisotopic (exact) mass is 368 g/mol. The number of rotatable bonds is 2. The summed E-state index contributed by atoms with van der Waals surface area (Å²) in [6.07, 6.45) is -0.751. The molecule has 2 amide bonds. The maximum Gasteiger partial charge on any atom is 0.416 e. The van der Waals surface area contributed by atoms with Crippen LogP contribution in [0.3, 0.4) is 0 Å². The third-order valence-corrected chi connectivity index (χ3v) is 5.50. The van der Waals surface area contributed by atoms with E-state index in [1.807, 2.05) is 11.8 Å². The summed E-state index contributed by atoms with van der Waals surface area (Å²) in [5.41, 5.74) is -1.15. The van der Waals surface area contributed by atoms with Gasteiger partial charge in [0.15, 0.2) is 0 Å². The number of amides is 2. The number of nitrogens with zero attached hydrogens (tertiary/aromatic N) is 2. The average molecular weight is 368 g/mol. The highest BCUT2D eigenvalue weighted by Gasteiger charge is 2.45. The highest BCUT2D eigenvalue weighted by Crippen LogP contribution is 2.37. The van der Waals surface area contributed by atoms with E-state index in [0.717, 1.165) is 37.8 Å². The summed E-state index contributed by atoms with van der Waals surface area (Å²) in [6.45, 7) is 3.41. The first kappa shape index (κ1) is 18.7. The van der Waals surface area contributed by atoms with Crippen molar-refractivity contribution in [1.82, 2.24) is 9.80 Å². The van der Waals surface area contributed by atoms with E-state index in [0.29, 0.717) is 26.1 Å². The smallest absolute Gasteiger partial charge is 0.336 e. The van der Waals surface area contributed by atoms with E-state index in [9.17, 15) is 22.8 Å². The standard InChI is InChI=1S/C19H23F3N2O2/c1-2-24-16(25)8-4-9-18(24)10-5-11-23(13-18)17(26)14-6-3-7-15(12-14)19(20,21)22/h3,6-7,12H,2,4-5,8-11,13H2,1H3/t18-/m1/s1. The zero-order valence-corrected chi connectivity index (χ0v) is 14.8. The van der Waals surface area contributed by atoms with Crippen LogP contribution < -0.4 is 0 Å². The quantitative estimate of drug-likeness (QED) is 0.798. The van der Waals surface area contributed by atoms with Gasteiger partial charge in [-0.15, -0.1) is 0 Å². The van der Waals surface area contributed by atoms with Gasteiger partial charge in [0, 0.05) is 31.6 Å². The number of piperidine rings is 2. The Labute approximate surface area is 151 Å². The Morgan fingerprint density at radius 1 is 1.23 bits per heavy atom. The average Bonchev–Trinajstić information content (AvgIpc) is 2.61. The van der Waals surface area contributed by atoms with Crippen LogP contribution in [0.1, 0.15) is 54.9 Å². The molecule has 2 saturated heterocycles. The van der Waals surface area contributed by atoms with Gasteiger partial charge in [-0.1, -0.05) is 6.07 Å². The van der Waals surface area contributed by atoms with Gasteiger partial charge in [0.1, 0.15) is 0 Å². The lowest BCUT2D eigenvalue weighted by molar-refractivity contribution is -0.144. The van der Waals surface area contributed by atoms with Gasteiger partial charge in [-0.05, 0) is 50.8 Å². The van der Waals surface area contributed by atoms with Gasteiger partial charge in [0.05, 0.1) is 11.1 Å². The van der Waals surface area contributed by atoms with Crippen LogP contribution in [0.5, 0.6) is 0 Å². The molecule has 2 aliphatic heterocycles. The summed E-state index contributed by atoms with van der Waals surface area (Å²) in [7, 11) is 0. The maximum atomic E-state index is 12.9. The largest absolute Gasteiger partial charge is 0.416 e. The van der Waals surface area contributed by atoms with Crippen LogP contribution >= 0.6 is 0 Å². The predicted molar refractivity (Wildman–Crippen MR) is 90.6 cm³/mol. The molecule has 2 aliphatic rings. The highest BCUT2D eigenvalue weighted by molar-refractivity contribution is 5.94. The van der Waals surface area contributed by atoms with Crippen molar-refractivity contribution in [3.63, 3.8) is 0 Å². The number of hydrogen-bond donors (Lipinski definition) is 0. The molecular formula is C19H23F3N2O2. The Bertz CT molecular complexity index is 700. The molecule has 0 aromatic heterocycles. The van der Waals surface area contributed by atoms with Crippen LogP contribution in [0.15, 0.2) is 24.3 Å². The van der Waals surface area contributed by atoms with Gasteiger partial charge in [-0.2, -0.15) is 13.2 Å². The van der Waals surface area contributed by atoms with Crippen molar-refractivity contribution < 1.29 is 22.8 Å². The molecule has 3 rings (SSSR count). The van der Waals surface area contributed by atoms with Crippen LogP contribution in [0.4, 0.5) is 13.2 Å².